The topological polar surface area (TPSA) is 30.7 Å². The maximum atomic E-state index is 13.4. The van der Waals surface area contributed by atoms with Crippen LogP contribution in [0.15, 0.2) is 18.3 Å². The molecule has 1 heterocycles. The predicted octanol–water partition coefficient (Wildman–Crippen LogP) is 2.98. The van der Waals surface area contributed by atoms with E-state index in [4.69, 9.17) is 11.6 Å². The maximum absolute atomic E-state index is 13.4. The van der Waals surface area contributed by atoms with Gasteiger partial charge < -0.3 is 0 Å². The zero-order valence-electron chi connectivity index (χ0n) is 8.66. The molecule has 1 aromatic heterocycles. The summed E-state index contributed by atoms with van der Waals surface area (Å²) in [5.74, 6) is -4.11. The van der Waals surface area contributed by atoms with E-state index in [9.17, 15) is 13.2 Å². The van der Waals surface area contributed by atoms with Gasteiger partial charge in [0.25, 0.3) is 0 Å². The van der Waals surface area contributed by atoms with E-state index < -0.39 is 22.8 Å². The highest BCUT2D eigenvalue weighted by Gasteiger charge is 2.16. The van der Waals surface area contributed by atoms with Crippen LogP contribution in [0.25, 0.3) is 5.69 Å². The summed E-state index contributed by atoms with van der Waals surface area (Å²) in [5.41, 5.74) is 0.191. The lowest BCUT2D eigenvalue weighted by Gasteiger charge is -2.03. The van der Waals surface area contributed by atoms with Gasteiger partial charge in [-0.05, 0) is 19.1 Å². The molecular weight excluding hydrogens is 255 g/mol. The van der Waals surface area contributed by atoms with E-state index in [2.05, 4.69) is 10.3 Å². The van der Waals surface area contributed by atoms with E-state index in [0.717, 1.165) is 16.8 Å². The summed E-state index contributed by atoms with van der Waals surface area (Å²) >= 11 is 5.76. The SMILES string of the molecule is CC(Cl)c1cn(-c2ccc(F)c(F)c2F)nn1. The standard InChI is InChI=1S/C10H7ClF3N3/c1-5(11)7-4-17(16-15-7)8-3-2-6(12)9(13)10(8)14/h2-5H,1H3. The molecule has 1 unspecified atom stereocenters. The first-order valence-corrected chi connectivity index (χ1v) is 5.14. The largest absolute Gasteiger partial charge is 0.217 e. The number of benzene rings is 1. The average Bonchev–Trinajstić information content (AvgIpc) is 2.75. The summed E-state index contributed by atoms with van der Waals surface area (Å²) in [4.78, 5) is 0. The molecule has 0 radical (unpaired) electrons. The third-order valence-electron chi connectivity index (χ3n) is 2.18. The van der Waals surface area contributed by atoms with Gasteiger partial charge in [-0.1, -0.05) is 5.21 Å². The van der Waals surface area contributed by atoms with Crippen molar-refractivity contribution in [3.05, 3.63) is 41.5 Å². The molecule has 7 heteroatoms. The Kier molecular flexibility index (Phi) is 3.06. The third kappa shape index (κ3) is 2.12. The Bertz CT molecular complexity index is 554. The fraction of sp³-hybridized carbons (Fsp3) is 0.200. The Balaban J connectivity index is 2.49. The van der Waals surface area contributed by atoms with Gasteiger partial charge in [0, 0.05) is 0 Å². The fourth-order valence-electron chi connectivity index (χ4n) is 1.27. The van der Waals surface area contributed by atoms with Gasteiger partial charge in [0.15, 0.2) is 17.5 Å². The van der Waals surface area contributed by atoms with Crippen LogP contribution in [0.4, 0.5) is 13.2 Å². The summed E-state index contributed by atoms with van der Waals surface area (Å²) < 4.78 is 40.2. The molecule has 1 aromatic carbocycles. The van der Waals surface area contributed by atoms with Crippen LogP contribution in [0, 0.1) is 17.5 Å². The molecule has 0 N–H and O–H groups in total. The summed E-state index contributed by atoms with van der Waals surface area (Å²) in [6, 6.07) is 1.89. The summed E-state index contributed by atoms with van der Waals surface area (Å²) in [7, 11) is 0. The van der Waals surface area contributed by atoms with Crippen LogP contribution in [0.3, 0.4) is 0 Å². The van der Waals surface area contributed by atoms with Crippen LogP contribution in [0.1, 0.15) is 18.0 Å². The van der Waals surface area contributed by atoms with E-state index in [1.54, 1.807) is 6.92 Å². The number of alkyl halides is 1. The van der Waals surface area contributed by atoms with Crippen LogP contribution >= 0.6 is 11.6 Å². The molecule has 0 saturated heterocycles. The highest BCUT2D eigenvalue weighted by molar-refractivity contribution is 6.20. The molecule has 0 fully saturated rings. The van der Waals surface area contributed by atoms with Crippen molar-refractivity contribution in [1.29, 1.82) is 0 Å². The fourth-order valence-corrected chi connectivity index (χ4v) is 1.37. The van der Waals surface area contributed by atoms with E-state index >= 15 is 0 Å². The lowest BCUT2D eigenvalue weighted by Crippen LogP contribution is -2.02. The Morgan fingerprint density at radius 3 is 2.53 bits per heavy atom. The number of rotatable bonds is 2. The molecule has 0 aliphatic heterocycles. The quantitative estimate of drug-likeness (QED) is 0.615. The second-order valence-corrected chi connectivity index (χ2v) is 4.05. The molecule has 90 valence electrons. The van der Waals surface area contributed by atoms with Crippen molar-refractivity contribution >= 4 is 11.6 Å². The van der Waals surface area contributed by atoms with E-state index in [1.165, 1.54) is 6.20 Å². The second-order valence-electron chi connectivity index (χ2n) is 3.40. The Morgan fingerprint density at radius 2 is 1.94 bits per heavy atom. The molecule has 0 amide bonds. The van der Waals surface area contributed by atoms with Crippen molar-refractivity contribution in [3.8, 4) is 5.69 Å². The van der Waals surface area contributed by atoms with Crippen LogP contribution in [-0.4, -0.2) is 15.0 Å². The Hall–Kier alpha value is -1.56. The molecule has 3 nitrogen and oxygen atoms in total. The van der Waals surface area contributed by atoms with Crippen LogP contribution in [0.5, 0.6) is 0 Å². The van der Waals surface area contributed by atoms with Crippen molar-refractivity contribution in [1.82, 2.24) is 15.0 Å². The molecule has 0 aliphatic rings. The summed E-state index contributed by atoms with van der Waals surface area (Å²) in [6.07, 6.45) is 1.35. The smallest absolute Gasteiger partial charge is 0.196 e. The minimum absolute atomic E-state index is 0.222. The minimum Gasteiger partial charge on any atom is -0.217 e. The van der Waals surface area contributed by atoms with E-state index in [1.807, 2.05) is 0 Å². The molecule has 17 heavy (non-hydrogen) atoms. The van der Waals surface area contributed by atoms with E-state index in [0.29, 0.717) is 5.69 Å². The van der Waals surface area contributed by atoms with Crippen LogP contribution in [-0.2, 0) is 0 Å². The van der Waals surface area contributed by atoms with Gasteiger partial charge in [-0.25, -0.2) is 17.9 Å². The molecule has 0 spiro atoms. The number of hydrogen-bond donors (Lipinski definition) is 0. The third-order valence-corrected chi connectivity index (χ3v) is 2.40. The summed E-state index contributed by atoms with van der Waals surface area (Å²) in [6.45, 7) is 1.66. The van der Waals surface area contributed by atoms with Gasteiger partial charge in [0.05, 0.1) is 11.6 Å². The number of hydrogen-bond acceptors (Lipinski definition) is 2. The number of halogens is 4. The van der Waals surface area contributed by atoms with E-state index in [-0.39, 0.29) is 5.69 Å². The van der Waals surface area contributed by atoms with Gasteiger partial charge in [0.1, 0.15) is 11.4 Å². The van der Waals surface area contributed by atoms with Crippen molar-refractivity contribution in [2.45, 2.75) is 12.3 Å². The molecule has 0 aliphatic carbocycles. The average molecular weight is 262 g/mol. The normalized spacial score (nSPS) is 12.8. The highest BCUT2D eigenvalue weighted by Crippen LogP contribution is 2.21. The minimum atomic E-state index is -1.54. The van der Waals surface area contributed by atoms with Gasteiger partial charge in [0.2, 0.25) is 0 Å². The van der Waals surface area contributed by atoms with Crippen LogP contribution < -0.4 is 0 Å². The van der Waals surface area contributed by atoms with Crippen LogP contribution in [0.2, 0.25) is 0 Å². The molecule has 2 aromatic rings. The van der Waals surface area contributed by atoms with Gasteiger partial charge in [-0.2, -0.15) is 0 Å². The Morgan fingerprint density at radius 1 is 1.24 bits per heavy atom. The van der Waals surface area contributed by atoms with Crippen molar-refractivity contribution in [3.63, 3.8) is 0 Å². The number of nitrogens with zero attached hydrogens (tertiary/aromatic N) is 3. The lowest BCUT2D eigenvalue weighted by atomic mass is 10.3. The summed E-state index contributed by atoms with van der Waals surface area (Å²) in [5, 5.41) is 6.87. The predicted molar refractivity (Wildman–Crippen MR) is 55.5 cm³/mol. The number of aromatic nitrogens is 3. The first kappa shape index (κ1) is 11.9. The maximum Gasteiger partial charge on any atom is 0.196 e. The zero-order chi connectivity index (χ0) is 12.6. The molecule has 1 atom stereocenters. The van der Waals surface area contributed by atoms with Crippen molar-refractivity contribution in [2.24, 2.45) is 0 Å². The molecule has 0 saturated carbocycles. The van der Waals surface area contributed by atoms with Crippen molar-refractivity contribution < 1.29 is 13.2 Å². The first-order chi connectivity index (χ1) is 8.00. The van der Waals surface area contributed by atoms with Crippen molar-refractivity contribution in [2.75, 3.05) is 0 Å². The van der Waals surface area contributed by atoms with Gasteiger partial charge >= 0.3 is 0 Å². The van der Waals surface area contributed by atoms with Gasteiger partial charge in [-0.15, -0.1) is 16.7 Å². The van der Waals surface area contributed by atoms with Gasteiger partial charge in [-0.3, -0.25) is 0 Å². The lowest BCUT2D eigenvalue weighted by molar-refractivity contribution is 0.442. The second kappa shape index (κ2) is 4.37. The monoisotopic (exact) mass is 261 g/mol. The highest BCUT2D eigenvalue weighted by atomic mass is 35.5. The zero-order valence-corrected chi connectivity index (χ0v) is 9.42. The molecule has 0 bridgehead atoms. The molecule has 2 rings (SSSR count). The first-order valence-electron chi connectivity index (χ1n) is 4.71. The molecular formula is C10H7ClF3N3. The Labute approximate surface area is 99.8 Å².